The van der Waals surface area contributed by atoms with E-state index in [0.29, 0.717) is 11.1 Å². The Morgan fingerprint density at radius 3 is 2.50 bits per heavy atom. The maximum Gasteiger partial charge on any atom is 0.418 e. The molecule has 0 saturated carbocycles. The Morgan fingerprint density at radius 2 is 1.90 bits per heavy atom. The molecule has 6 heteroatoms. The van der Waals surface area contributed by atoms with Crippen LogP contribution in [0.3, 0.4) is 0 Å². The molecule has 0 aliphatic heterocycles. The first-order valence-corrected chi connectivity index (χ1v) is 5.84. The third-order valence-electron chi connectivity index (χ3n) is 2.98. The molecule has 0 aliphatic carbocycles. The standard InChI is InChI=1S/C14H12F4N2/c1-8-7-9(4-5-11(8)15)12(19)13-10(14(16,17)18)3-2-6-20-13/h2-7,12H,19H2,1H3. The normalized spacial score (nSPS) is 13.3. The van der Waals surface area contributed by atoms with Crippen LogP contribution >= 0.6 is 0 Å². The Hall–Kier alpha value is -1.95. The maximum absolute atomic E-state index is 13.2. The van der Waals surface area contributed by atoms with Crippen molar-refractivity contribution in [3.8, 4) is 0 Å². The Labute approximate surface area is 113 Å². The second-order valence-electron chi connectivity index (χ2n) is 4.42. The van der Waals surface area contributed by atoms with Gasteiger partial charge >= 0.3 is 6.18 Å². The minimum absolute atomic E-state index is 0.272. The maximum atomic E-state index is 13.2. The summed E-state index contributed by atoms with van der Waals surface area (Å²) in [6, 6.07) is 5.04. The minimum atomic E-state index is -4.53. The first kappa shape index (κ1) is 14.5. The molecular weight excluding hydrogens is 272 g/mol. The van der Waals surface area contributed by atoms with Gasteiger partial charge in [0.2, 0.25) is 0 Å². The van der Waals surface area contributed by atoms with Gasteiger partial charge in [0, 0.05) is 6.20 Å². The molecule has 0 fully saturated rings. The first-order chi connectivity index (χ1) is 9.30. The largest absolute Gasteiger partial charge is 0.418 e. The lowest BCUT2D eigenvalue weighted by molar-refractivity contribution is -0.138. The van der Waals surface area contributed by atoms with Crippen LogP contribution in [0.5, 0.6) is 0 Å². The van der Waals surface area contributed by atoms with Gasteiger partial charge in [-0.3, -0.25) is 4.98 Å². The second-order valence-corrected chi connectivity index (χ2v) is 4.42. The summed E-state index contributed by atoms with van der Waals surface area (Å²) in [7, 11) is 0. The van der Waals surface area contributed by atoms with Crippen LogP contribution in [-0.4, -0.2) is 4.98 Å². The summed E-state index contributed by atoms with van der Waals surface area (Å²) in [4.78, 5) is 3.73. The first-order valence-electron chi connectivity index (χ1n) is 5.84. The van der Waals surface area contributed by atoms with Gasteiger partial charge < -0.3 is 5.73 Å². The van der Waals surface area contributed by atoms with E-state index in [-0.39, 0.29) is 5.69 Å². The van der Waals surface area contributed by atoms with Crippen LogP contribution in [0.15, 0.2) is 36.5 Å². The van der Waals surface area contributed by atoms with E-state index in [0.717, 1.165) is 6.07 Å². The van der Waals surface area contributed by atoms with Gasteiger partial charge in [0.05, 0.1) is 17.3 Å². The molecule has 0 saturated heterocycles. The van der Waals surface area contributed by atoms with Crippen molar-refractivity contribution in [2.45, 2.75) is 19.1 Å². The summed E-state index contributed by atoms with van der Waals surface area (Å²) in [6.45, 7) is 1.52. The third kappa shape index (κ3) is 2.80. The predicted molar refractivity (Wildman–Crippen MR) is 66.4 cm³/mol. The van der Waals surface area contributed by atoms with E-state index in [2.05, 4.69) is 4.98 Å². The molecule has 1 aromatic heterocycles. The van der Waals surface area contributed by atoms with E-state index in [1.165, 1.54) is 37.4 Å². The minimum Gasteiger partial charge on any atom is -0.319 e. The highest BCUT2D eigenvalue weighted by Gasteiger charge is 2.35. The van der Waals surface area contributed by atoms with Crippen molar-refractivity contribution < 1.29 is 17.6 Å². The molecule has 1 aromatic carbocycles. The van der Waals surface area contributed by atoms with E-state index in [1.807, 2.05) is 0 Å². The fourth-order valence-corrected chi connectivity index (χ4v) is 1.92. The topological polar surface area (TPSA) is 38.9 Å². The smallest absolute Gasteiger partial charge is 0.319 e. The summed E-state index contributed by atoms with van der Waals surface area (Å²) in [5.41, 5.74) is 5.40. The molecule has 2 rings (SSSR count). The number of aryl methyl sites for hydroxylation is 1. The summed E-state index contributed by atoms with van der Waals surface area (Å²) in [5.74, 6) is -0.432. The number of nitrogens with two attached hydrogens (primary N) is 1. The van der Waals surface area contributed by atoms with Crippen molar-refractivity contribution in [3.63, 3.8) is 0 Å². The molecule has 2 aromatic rings. The molecule has 0 radical (unpaired) electrons. The van der Waals surface area contributed by atoms with Gasteiger partial charge in [0.15, 0.2) is 0 Å². The van der Waals surface area contributed by atoms with Crippen LogP contribution in [0.4, 0.5) is 17.6 Å². The van der Waals surface area contributed by atoms with Gasteiger partial charge in [-0.05, 0) is 36.2 Å². The van der Waals surface area contributed by atoms with Crippen molar-refractivity contribution in [3.05, 3.63) is 64.7 Å². The molecule has 2 nitrogen and oxygen atoms in total. The van der Waals surface area contributed by atoms with Gasteiger partial charge in [-0.1, -0.05) is 12.1 Å². The monoisotopic (exact) mass is 284 g/mol. The number of alkyl halides is 3. The van der Waals surface area contributed by atoms with Crippen LogP contribution in [0, 0.1) is 12.7 Å². The van der Waals surface area contributed by atoms with Crippen LogP contribution in [0.2, 0.25) is 0 Å². The lowest BCUT2D eigenvalue weighted by Gasteiger charge is -2.17. The lowest BCUT2D eigenvalue weighted by Crippen LogP contribution is -2.20. The van der Waals surface area contributed by atoms with Gasteiger partial charge in [-0.25, -0.2) is 4.39 Å². The van der Waals surface area contributed by atoms with E-state index >= 15 is 0 Å². The average Bonchev–Trinajstić information content (AvgIpc) is 2.40. The molecule has 1 unspecified atom stereocenters. The number of pyridine rings is 1. The van der Waals surface area contributed by atoms with Gasteiger partial charge in [0.25, 0.3) is 0 Å². The summed E-state index contributed by atoms with van der Waals surface area (Å²) < 4.78 is 51.9. The van der Waals surface area contributed by atoms with E-state index in [4.69, 9.17) is 5.73 Å². The lowest BCUT2D eigenvalue weighted by atomic mass is 9.98. The Balaban J connectivity index is 2.48. The molecule has 106 valence electrons. The van der Waals surface area contributed by atoms with Crippen LogP contribution < -0.4 is 5.73 Å². The highest BCUT2D eigenvalue weighted by molar-refractivity contribution is 5.35. The van der Waals surface area contributed by atoms with E-state index < -0.39 is 23.6 Å². The third-order valence-corrected chi connectivity index (χ3v) is 2.98. The highest BCUT2D eigenvalue weighted by atomic mass is 19.4. The van der Waals surface area contributed by atoms with E-state index in [9.17, 15) is 17.6 Å². The number of aromatic nitrogens is 1. The van der Waals surface area contributed by atoms with Crippen LogP contribution in [0.25, 0.3) is 0 Å². The fraction of sp³-hybridized carbons (Fsp3) is 0.214. The molecule has 20 heavy (non-hydrogen) atoms. The number of hydrogen-bond donors (Lipinski definition) is 1. The number of rotatable bonds is 2. The van der Waals surface area contributed by atoms with Crippen molar-refractivity contribution >= 4 is 0 Å². The fourth-order valence-electron chi connectivity index (χ4n) is 1.92. The number of nitrogens with zero attached hydrogens (tertiary/aromatic N) is 1. The van der Waals surface area contributed by atoms with Crippen molar-refractivity contribution in [2.75, 3.05) is 0 Å². The number of benzene rings is 1. The molecule has 0 spiro atoms. The second kappa shape index (κ2) is 5.20. The SMILES string of the molecule is Cc1cc(C(N)c2ncccc2C(F)(F)F)ccc1F. The summed E-state index contributed by atoms with van der Waals surface area (Å²) >= 11 is 0. The number of halogens is 4. The molecule has 0 aliphatic rings. The molecular formula is C14H12F4N2. The highest BCUT2D eigenvalue weighted by Crippen LogP contribution is 2.34. The quantitative estimate of drug-likeness (QED) is 0.856. The molecule has 0 amide bonds. The Kier molecular flexibility index (Phi) is 3.76. The van der Waals surface area contributed by atoms with Gasteiger partial charge in [-0.15, -0.1) is 0 Å². The van der Waals surface area contributed by atoms with Crippen molar-refractivity contribution in [1.82, 2.24) is 4.98 Å². The summed E-state index contributed by atoms with van der Waals surface area (Å²) in [6.07, 6.45) is -3.28. The predicted octanol–water partition coefficient (Wildman–Crippen LogP) is 3.60. The molecule has 0 bridgehead atoms. The zero-order chi connectivity index (χ0) is 14.9. The molecule has 1 atom stereocenters. The zero-order valence-electron chi connectivity index (χ0n) is 10.6. The average molecular weight is 284 g/mol. The van der Waals surface area contributed by atoms with Crippen LogP contribution in [0.1, 0.15) is 28.4 Å². The molecule has 2 N–H and O–H groups in total. The van der Waals surface area contributed by atoms with E-state index in [1.54, 1.807) is 0 Å². The van der Waals surface area contributed by atoms with Crippen molar-refractivity contribution in [2.24, 2.45) is 5.73 Å². The Bertz CT molecular complexity index is 623. The van der Waals surface area contributed by atoms with Gasteiger partial charge in [-0.2, -0.15) is 13.2 Å². The Morgan fingerprint density at radius 1 is 1.20 bits per heavy atom. The zero-order valence-corrected chi connectivity index (χ0v) is 10.6. The molecule has 1 heterocycles. The summed E-state index contributed by atoms with van der Waals surface area (Å²) in [5, 5.41) is 0. The van der Waals surface area contributed by atoms with Crippen LogP contribution in [-0.2, 0) is 6.18 Å². The van der Waals surface area contributed by atoms with Gasteiger partial charge in [0.1, 0.15) is 5.82 Å². The van der Waals surface area contributed by atoms with Crippen molar-refractivity contribution in [1.29, 1.82) is 0 Å². The number of hydrogen-bond acceptors (Lipinski definition) is 2.